The normalized spacial score (nSPS) is 36.6. The maximum absolute atomic E-state index is 12.7. The number of nitrogens with zero attached hydrogens (tertiary/aromatic N) is 1. The molecular formula is C12H18F3NO3. The van der Waals surface area contributed by atoms with E-state index in [-0.39, 0.29) is 31.8 Å². The molecule has 19 heavy (non-hydrogen) atoms. The molecule has 0 radical (unpaired) electrons. The summed E-state index contributed by atoms with van der Waals surface area (Å²) in [7, 11) is 0. The Morgan fingerprint density at radius 3 is 2.21 bits per heavy atom. The van der Waals surface area contributed by atoms with Crippen LogP contribution in [0.3, 0.4) is 0 Å². The first-order chi connectivity index (χ1) is 8.79. The van der Waals surface area contributed by atoms with E-state index < -0.39 is 30.2 Å². The highest BCUT2D eigenvalue weighted by Gasteiger charge is 2.45. The van der Waals surface area contributed by atoms with Gasteiger partial charge in [0.1, 0.15) is 0 Å². The summed E-state index contributed by atoms with van der Waals surface area (Å²) in [6, 6.07) is 0. The van der Waals surface area contributed by atoms with Crippen LogP contribution >= 0.6 is 0 Å². The van der Waals surface area contributed by atoms with Crippen molar-refractivity contribution in [3.63, 3.8) is 0 Å². The fourth-order valence-electron chi connectivity index (χ4n) is 2.92. The number of hydrogen-bond acceptors (Lipinski definition) is 3. The maximum atomic E-state index is 12.7. The number of amides is 1. The van der Waals surface area contributed by atoms with Gasteiger partial charge >= 0.3 is 6.18 Å². The van der Waals surface area contributed by atoms with Gasteiger partial charge in [-0.05, 0) is 19.3 Å². The predicted molar refractivity (Wildman–Crippen MR) is 60.1 cm³/mol. The second kappa shape index (κ2) is 5.28. The molecule has 2 aliphatic rings. The Morgan fingerprint density at radius 1 is 1.11 bits per heavy atom. The van der Waals surface area contributed by atoms with E-state index in [9.17, 15) is 28.2 Å². The van der Waals surface area contributed by atoms with Crippen LogP contribution in [-0.4, -0.2) is 52.5 Å². The summed E-state index contributed by atoms with van der Waals surface area (Å²) in [5.41, 5.74) is 0. The fourth-order valence-corrected chi connectivity index (χ4v) is 2.92. The van der Waals surface area contributed by atoms with Gasteiger partial charge in [0.15, 0.2) is 0 Å². The molecule has 1 saturated carbocycles. The van der Waals surface area contributed by atoms with Crippen LogP contribution in [0.5, 0.6) is 0 Å². The SMILES string of the molecule is O=C(C1CCCC(C(F)(F)F)C1)N1CC(O)C(O)C1. The van der Waals surface area contributed by atoms with Crippen molar-refractivity contribution in [1.29, 1.82) is 0 Å². The zero-order valence-electron chi connectivity index (χ0n) is 10.4. The molecule has 1 aliphatic carbocycles. The van der Waals surface area contributed by atoms with Crippen molar-refractivity contribution in [3.05, 3.63) is 0 Å². The topological polar surface area (TPSA) is 60.8 Å². The lowest BCUT2D eigenvalue weighted by atomic mass is 9.80. The van der Waals surface area contributed by atoms with Crippen molar-refractivity contribution >= 4 is 5.91 Å². The molecule has 2 fully saturated rings. The molecule has 1 saturated heterocycles. The number of rotatable bonds is 1. The van der Waals surface area contributed by atoms with E-state index in [2.05, 4.69) is 0 Å². The zero-order chi connectivity index (χ0) is 14.2. The van der Waals surface area contributed by atoms with Crippen molar-refractivity contribution < 1.29 is 28.2 Å². The van der Waals surface area contributed by atoms with Gasteiger partial charge in [-0.3, -0.25) is 4.79 Å². The van der Waals surface area contributed by atoms with E-state index in [1.807, 2.05) is 0 Å². The van der Waals surface area contributed by atoms with E-state index >= 15 is 0 Å². The molecule has 2 N–H and O–H groups in total. The zero-order valence-corrected chi connectivity index (χ0v) is 10.4. The van der Waals surface area contributed by atoms with Crippen LogP contribution < -0.4 is 0 Å². The molecule has 1 heterocycles. The lowest BCUT2D eigenvalue weighted by Crippen LogP contribution is -2.39. The minimum atomic E-state index is -4.25. The van der Waals surface area contributed by atoms with E-state index in [0.717, 1.165) is 0 Å². The van der Waals surface area contributed by atoms with Gasteiger partial charge in [-0.25, -0.2) is 0 Å². The van der Waals surface area contributed by atoms with Gasteiger partial charge < -0.3 is 15.1 Å². The molecule has 0 bridgehead atoms. The molecule has 2 rings (SSSR count). The van der Waals surface area contributed by atoms with E-state index in [4.69, 9.17) is 0 Å². The standard InChI is InChI=1S/C12H18F3NO3/c13-12(14,15)8-3-1-2-7(4-8)11(19)16-5-9(17)10(18)6-16/h7-10,17-18H,1-6H2. The smallest absolute Gasteiger partial charge is 0.388 e. The number of carbonyl (C=O) groups is 1. The van der Waals surface area contributed by atoms with E-state index in [1.54, 1.807) is 0 Å². The Balaban J connectivity index is 1.96. The van der Waals surface area contributed by atoms with Gasteiger partial charge in [0, 0.05) is 19.0 Å². The molecule has 1 amide bonds. The molecule has 0 aromatic rings. The lowest BCUT2D eigenvalue weighted by molar-refractivity contribution is -0.187. The first kappa shape index (κ1) is 14.6. The largest absolute Gasteiger partial charge is 0.391 e. The monoisotopic (exact) mass is 281 g/mol. The van der Waals surface area contributed by atoms with Crippen molar-refractivity contribution in [1.82, 2.24) is 4.90 Å². The molecular weight excluding hydrogens is 263 g/mol. The van der Waals surface area contributed by atoms with Crippen LogP contribution in [0.15, 0.2) is 0 Å². The number of halogens is 3. The van der Waals surface area contributed by atoms with Crippen LogP contribution in [0.4, 0.5) is 13.2 Å². The molecule has 1 aliphatic heterocycles. The quantitative estimate of drug-likeness (QED) is 0.751. The van der Waals surface area contributed by atoms with Crippen molar-refractivity contribution in [2.45, 2.75) is 44.1 Å². The minimum Gasteiger partial charge on any atom is -0.388 e. The van der Waals surface area contributed by atoms with Crippen molar-refractivity contribution in [2.24, 2.45) is 11.8 Å². The first-order valence-corrected chi connectivity index (χ1v) is 6.50. The Hall–Kier alpha value is -0.820. The average Bonchev–Trinajstić information content (AvgIpc) is 2.68. The third kappa shape index (κ3) is 3.20. The van der Waals surface area contributed by atoms with Gasteiger partial charge in [-0.2, -0.15) is 13.2 Å². The summed E-state index contributed by atoms with van der Waals surface area (Å²) in [5, 5.41) is 18.7. The summed E-state index contributed by atoms with van der Waals surface area (Å²) in [6.07, 6.45) is -5.49. The van der Waals surface area contributed by atoms with Crippen LogP contribution in [0.2, 0.25) is 0 Å². The highest BCUT2D eigenvalue weighted by Crippen LogP contribution is 2.40. The van der Waals surface area contributed by atoms with Crippen molar-refractivity contribution in [2.75, 3.05) is 13.1 Å². The number of β-amino-alcohol motifs (C(OH)–C–C–N with tert-alkyl or cyclic N) is 2. The van der Waals surface area contributed by atoms with Gasteiger partial charge in [-0.1, -0.05) is 6.42 Å². The van der Waals surface area contributed by atoms with E-state index in [0.29, 0.717) is 12.8 Å². The summed E-state index contributed by atoms with van der Waals surface area (Å²) in [4.78, 5) is 13.4. The molecule has 0 aromatic carbocycles. The highest BCUT2D eigenvalue weighted by molar-refractivity contribution is 5.79. The van der Waals surface area contributed by atoms with Gasteiger partial charge in [0.05, 0.1) is 18.1 Å². The Bertz CT molecular complexity index is 338. The minimum absolute atomic E-state index is 0.00713. The van der Waals surface area contributed by atoms with Crippen LogP contribution in [0, 0.1) is 11.8 Å². The van der Waals surface area contributed by atoms with Crippen LogP contribution in [0.25, 0.3) is 0 Å². The molecule has 7 heteroatoms. The molecule has 4 unspecified atom stereocenters. The van der Waals surface area contributed by atoms with Gasteiger partial charge in [0.2, 0.25) is 5.91 Å². The maximum Gasteiger partial charge on any atom is 0.391 e. The second-order valence-corrected chi connectivity index (χ2v) is 5.48. The Kier molecular flexibility index (Phi) is 4.06. The summed E-state index contributed by atoms with van der Waals surface area (Å²) < 4.78 is 38.0. The van der Waals surface area contributed by atoms with Crippen LogP contribution in [0.1, 0.15) is 25.7 Å². The molecule has 0 aromatic heterocycles. The lowest BCUT2D eigenvalue weighted by Gasteiger charge is -2.32. The highest BCUT2D eigenvalue weighted by atomic mass is 19.4. The molecule has 4 atom stereocenters. The number of alkyl halides is 3. The summed E-state index contributed by atoms with van der Waals surface area (Å²) >= 11 is 0. The summed E-state index contributed by atoms with van der Waals surface area (Å²) in [6.45, 7) is 0.0143. The van der Waals surface area contributed by atoms with E-state index in [1.165, 1.54) is 4.90 Å². The summed E-state index contributed by atoms with van der Waals surface area (Å²) in [5.74, 6) is -2.42. The average molecular weight is 281 g/mol. The first-order valence-electron chi connectivity index (χ1n) is 6.50. The van der Waals surface area contributed by atoms with Gasteiger partial charge in [0.25, 0.3) is 0 Å². The number of likely N-dealkylation sites (tertiary alicyclic amines) is 1. The third-order valence-corrected chi connectivity index (χ3v) is 4.06. The van der Waals surface area contributed by atoms with Crippen molar-refractivity contribution in [3.8, 4) is 0 Å². The Morgan fingerprint density at radius 2 is 1.68 bits per heavy atom. The van der Waals surface area contributed by atoms with Crippen LogP contribution in [-0.2, 0) is 4.79 Å². The third-order valence-electron chi connectivity index (χ3n) is 4.06. The molecule has 0 spiro atoms. The predicted octanol–water partition coefficient (Wildman–Crippen LogP) is 0.919. The second-order valence-electron chi connectivity index (χ2n) is 5.48. The van der Waals surface area contributed by atoms with Gasteiger partial charge in [-0.15, -0.1) is 0 Å². The molecule has 4 nitrogen and oxygen atoms in total. The Labute approximate surface area is 109 Å². The number of aliphatic hydroxyl groups is 2. The number of hydrogen-bond donors (Lipinski definition) is 2. The number of carbonyl (C=O) groups excluding carboxylic acids is 1. The number of aliphatic hydroxyl groups excluding tert-OH is 2. The fraction of sp³-hybridized carbons (Fsp3) is 0.917. The molecule has 110 valence electrons.